The Kier molecular flexibility index (Phi) is 11.9. The minimum absolute atomic E-state index is 0.00926. The van der Waals surface area contributed by atoms with Gasteiger partial charge >= 0.3 is 0 Å². The van der Waals surface area contributed by atoms with E-state index in [1.807, 2.05) is 6.92 Å². The number of nitro groups is 1. The fraction of sp³-hybridized carbons (Fsp3) is 0.600. The first kappa shape index (κ1) is 24.4. The summed E-state index contributed by atoms with van der Waals surface area (Å²) in [6, 6.07) is 5.02. The first-order valence-electron chi connectivity index (χ1n) is 8.07. The second-order valence-corrected chi connectivity index (χ2v) is 7.19. The smallest absolute Gasteiger partial charge is 0.289 e. The van der Waals surface area contributed by atoms with Crippen LogP contribution in [0.3, 0.4) is 0 Å². The number of hydrogen-bond acceptors (Lipinski definition) is 8. The molecule has 0 bridgehead atoms. The highest BCUT2D eigenvalue weighted by molar-refractivity contribution is 7.89. The summed E-state index contributed by atoms with van der Waals surface area (Å²) < 4.78 is 25.7. The average Bonchev–Trinajstić information content (AvgIpc) is 2.64. The molecule has 0 saturated heterocycles. The van der Waals surface area contributed by atoms with Gasteiger partial charge in [0.1, 0.15) is 0 Å². The predicted molar refractivity (Wildman–Crippen MR) is 96.0 cm³/mol. The van der Waals surface area contributed by atoms with Gasteiger partial charge in [0, 0.05) is 31.8 Å². The average molecular weight is 393 g/mol. The van der Waals surface area contributed by atoms with E-state index in [1.165, 1.54) is 12.1 Å². The van der Waals surface area contributed by atoms with Gasteiger partial charge in [0.05, 0.1) is 18.1 Å². The van der Waals surface area contributed by atoms with Crippen molar-refractivity contribution in [2.45, 2.75) is 30.7 Å². The van der Waals surface area contributed by atoms with E-state index in [0.29, 0.717) is 0 Å². The summed E-state index contributed by atoms with van der Waals surface area (Å²) in [7, 11) is -4.09. The first-order chi connectivity index (χ1) is 12.3. The molecule has 0 aromatic heterocycles. The number of para-hydroxylation sites is 1. The molecule has 1 aromatic rings. The molecule has 1 atom stereocenters. The molecule has 1 rings (SSSR count). The Balaban J connectivity index is 0.000000896. The lowest BCUT2D eigenvalue weighted by Gasteiger charge is -2.20. The number of hydrogen-bond donors (Lipinski definition) is 4. The van der Waals surface area contributed by atoms with Crippen LogP contribution in [0.15, 0.2) is 29.2 Å². The molecule has 150 valence electrons. The highest BCUT2D eigenvalue weighted by atomic mass is 32.2. The van der Waals surface area contributed by atoms with Crippen molar-refractivity contribution < 1.29 is 28.7 Å². The molecule has 5 N–H and O–H groups in total. The maximum absolute atomic E-state index is 12.4. The van der Waals surface area contributed by atoms with E-state index in [-0.39, 0.29) is 38.8 Å². The Morgan fingerprint density at radius 1 is 1.19 bits per heavy atom. The van der Waals surface area contributed by atoms with E-state index in [1.54, 1.807) is 0 Å². The lowest BCUT2D eigenvalue weighted by molar-refractivity contribution is -0.387. The largest absolute Gasteiger partial charge is 0.396 e. The zero-order valence-corrected chi connectivity index (χ0v) is 15.5. The van der Waals surface area contributed by atoms with Gasteiger partial charge in [-0.2, -0.15) is 4.31 Å². The van der Waals surface area contributed by atoms with Crippen LogP contribution in [0.4, 0.5) is 5.69 Å². The Labute approximate surface area is 153 Å². The second kappa shape index (κ2) is 12.7. The number of sulfonamides is 1. The number of rotatable bonds is 10. The zero-order valence-electron chi connectivity index (χ0n) is 14.7. The molecule has 11 heteroatoms. The maximum atomic E-state index is 12.4. The summed E-state index contributed by atoms with van der Waals surface area (Å²) in [4.78, 5) is 9.71. The summed E-state index contributed by atoms with van der Waals surface area (Å²) >= 11 is 0. The number of aliphatic hydroxyl groups is 3. The normalized spacial score (nSPS) is 12.4. The van der Waals surface area contributed by atoms with Crippen LogP contribution in [-0.4, -0.2) is 71.9 Å². The number of aliphatic hydroxyl groups excluding tert-OH is 3. The van der Waals surface area contributed by atoms with Gasteiger partial charge in [-0.25, -0.2) is 8.42 Å². The zero-order chi connectivity index (χ0) is 20.2. The van der Waals surface area contributed by atoms with Crippen LogP contribution >= 0.6 is 0 Å². The number of nitro benzene ring substituents is 1. The van der Waals surface area contributed by atoms with Gasteiger partial charge in [-0.1, -0.05) is 19.1 Å². The molecule has 0 spiro atoms. The molecule has 0 aliphatic rings. The third-order valence-electron chi connectivity index (χ3n) is 3.35. The quantitative estimate of drug-likeness (QED) is 0.310. The molecule has 0 amide bonds. The molecule has 1 aromatic carbocycles. The molecule has 0 aliphatic carbocycles. The second-order valence-electron chi connectivity index (χ2n) is 5.28. The van der Waals surface area contributed by atoms with Crippen LogP contribution in [0.2, 0.25) is 0 Å². The Morgan fingerprint density at radius 3 is 2.23 bits per heavy atom. The predicted octanol–water partition coefficient (Wildman–Crippen LogP) is -0.324. The molecule has 10 nitrogen and oxygen atoms in total. The first-order valence-corrected chi connectivity index (χ1v) is 9.51. The van der Waals surface area contributed by atoms with E-state index in [9.17, 15) is 18.5 Å². The number of benzene rings is 1. The van der Waals surface area contributed by atoms with Crippen molar-refractivity contribution in [3.63, 3.8) is 0 Å². The van der Waals surface area contributed by atoms with Gasteiger partial charge in [-0.3, -0.25) is 10.1 Å². The highest BCUT2D eigenvalue weighted by Crippen LogP contribution is 2.26. The minimum Gasteiger partial charge on any atom is -0.396 e. The van der Waals surface area contributed by atoms with Crippen LogP contribution in [0.1, 0.15) is 19.8 Å². The van der Waals surface area contributed by atoms with Crippen molar-refractivity contribution in [2.24, 2.45) is 5.73 Å². The number of nitrogens with two attached hydrogens (primary N) is 1. The van der Waals surface area contributed by atoms with Crippen molar-refractivity contribution >= 4 is 15.7 Å². The molecule has 0 aliphatic heterocycles. The van der Waals surface area contributed by atoms with E-state index < -0.39 is 32.1 Å². The molecular formula is C15H27N3O7S. The Hall–Kier alpha value is -1.63. The number of nitrogens with zero attached hydrogens (tertiary/aromatic N) is 2. The van der Waals surface area contributed by atoms with Gasteiger partial charge in [0.25, 0.3) is 5.69 Å². The monoisotopic (exact) mass is 393 g/mol. The van der Waals surface area contributed by atoms with Crippen molar-refractivity contribution in [1.82, 2.24) is 4.31 Å². The lowest BCUT2D eigenvalue weighted by atomic mass is 10.3. The summed E-state index contributed by atoms with van der Waals surface area (Å²) in [5, 5.41) is 36.8. The van der Waals surface area contributed by atoms with E-state index in [2.05, 4.69) is 0 Å². The van der Waals surface area contributed by atoms with E-state index >= 15 is 0 Å². The lowest BCUT2D eigenvalue weighted by Crippen LogP contribution is -2.35. The fourth-order valence-electron chi connectivity index (χ4n) is 1.81. The van der Waals surface area contributed by atoms with Crippen LogP contribution in [-0.2, 0) is 10.0 Å². The van der Waals surface area contributed by atoms with Crippen LogP contribution < -0.4 is 5.73 Å². The molecule has 0 radical (unpaired) electrons. The SMILES string of the molecule is CC[C@H](N)CO.O=[N+]([O-])c1ccccc1S(=O)(=O)N(CCO)CCCO. The van der Waals surface area contributed by atoms with Gasteiger partial charge in [-0.05, 0) is 18.9 Å². The molecule has 0 unspecified atom stereocenters. The summed E-state index contributed by atoms with van der Waals surface area (Å²) in [5.41, 5.74) is 4.71. The van der Waals surface area contributed by atoms with Crippen molar-refractivity contribution in [1.29, 1.82) is 0 Å². The molecular weight excluding hydrogens is 366 g/mol. The third-order valence-corrected chi connectivity index (χ3v) is 5.30. The van der Waals surface area contributed by atoms with Crippen molar-refractivity contribution in [2.75, 3.05) is 32.9 Å². The maximum Gasteiger partial charge on any atom is 0.289 e. The summed E-state index contributed by atoms with van der Waals surface area (Å²) in [6.45, 7) is 1.22. The van der Waals surface area contributed by atoms with E-state index in [0.717, 1.165) is 22.9 Å². The van der Waals surface area contributed by atoms with Gasteiger partial charge in [-0.15, -0.1) is 0 Å². The standard InChI is InChI=1S/C11H16N2O6S.C4H11NO/c14-8-3-6-12(7-9-15)20(18,19)11-5-2-1-4-10(11)13(16)17;1-2-4(5)3-6/h1-2,4-5,14-15H,3,6-9H2;4,6H,2-3,5H2,1H3/t;4-/m.0/s1. The van der Waals surface area contributed by atoms with Gasteiger partial charge < -0.3 is 21.1 Å². The van der Waals surface area contributed by atoms with Crippen molar-refractivity contribution in [3.8, 4) is 0 Å². The van der Waals surface area contributed by atoms with E-state index in [4.69, 9.17) is 21.1 Å². The minimum atomic E-state index is -4.09. The third kappa shape index (κ3) is 7.72. The summed E-state index contributed by atoms with van der Waals surface area (Å²) in [6.07, 6.45) is 1.04. The fourth-order valence-corrected chi connectivity index (χ4v) is 3.43. The molecule has 0 fully saturated rings. The van der Waals surface area contributed by atoms with Crippen LogP contribution in [0.25, 0.3) is 0 Å². The van der Waals surface area contributed by atoms with Crippen LogP contribution in [0.5, 0.6) is 0 Å². The van der Waals surface area contributed by atoms with Gasteiger partial charge in [0.15, 0.2) is 4.90 Å². The van der Waals surface area contributed by atoms with Crippen molar-refractivity contribution in [3.05, 3.63) is 34.4 Å². The summed E-state index contributed by atoms with van der Waals surface area (Å²) in [5.74, 6) is 0. The highest BCUT2D eigenvalue weighted by Gasteiger charge is 2.30. The van der Waals surface area contributed by atoms with Crippen LogP contribution in [0, 0.1) is 10.1 Å². The molecule has 0 saturated carbocycles. The Morgan fingerprint density at radius 2 is 1.81 bits per heavy atom. The van der Waals surface area contributed by atoms with Gasteiger partial charge in [0.2, 0.25) is 10.0 Å². The molecule has 26 heavy (non-hydrogen) atoms. The Bertz CT molecular complexity index is 636. The topological polar surface area (TPSA) is 167 Å². The molecule has 0 heterocycles.